The van der Waals surface area contributed by atoms with Crippen LogP contribution in [0, 0.1) is 6.92 Å². The first-order valence-electron chi connectivity index (χ1n) is 5.30. The lowest BCUT2D eigenvalue weighted by molar-refractivity contribution is 0.0707. The number of nitrogens with two attached hydrogens (primary N) is 1. The van der Waals surface area contributed by atoms with E-state index >= 15 is 0 Å². The molecule has 1 aliphatic heterocycles. The summed E-state index contributed by atoms with van der Waals surface area (Å²) < 4.78 is 5.32. The van der Waals surface area contributed by atoms with Gasteiger partial charge in [-0.2, -0.15) is 0 Å². The maximum Gasteiger partial charge on any atom is 0.289 e. The van der Waals surface area contributed by atoms with Crippen LogP contribution in [0.5, 0.6) is 0 Å². The van der Waals surface area contributed by atoms with Crippen molar-refractivity contribution in [2.75, 3.05) is 13.1 Å². The summed E-state index contributed by atoms with van der Waals surface area (Å²) in [6, 6.07) is 3.72. The highest BCUT2D eigenvalue weighted by molar-refractivity contribution is 5.92. The molecule has 0 aliphatic carbocycles. The van der Waals surface area contributed by atoms with Gasteiger partial charge in [0.2, 0.25) is 0 Å². The second-order valence-corrected chi connectivity index (χ2v) is 3.94. The van der Waals surface area contributed by atoms with E-state index in [-0.39, 0.29) is 24.4 Å². The first kappa shape index (κ1) is 13.1. The maximum atomic E-state index is 12.0. The van der Waals surface area contributed by atoms with Crippen LogP contribution in [0.4, 0.5) is 0 Å². The molecule has 1 amide bonds. The molecule has 1 fully saturated rings. The minimum Gasteiger partial charge on any atom is -0.456 e. The molecule has 5 heteroatoms. The first-order valence-corrected chi connectivity index (χ1v) is 5.30. The van der Waals surface area contributed by atoms with Crippen molar-refractivity contribution in [2.24, 2.45) is 5.73 Å². The van der Waals surface area contributed by atoms with Crippen LogP contribution in [0.25, 0.3) is 0 Å². The Balaban J connectivity index is 0.00000128. The SMILES string of the molecule is Cc1ccc(C(=O)N2CCCC2CN)o1.Cl. The van der Waals surface area contributed by atoms with Crippen LogP contribution >= 0.6 is 12.4 Å². The van der Waals surface area contributed by atoms with Gasteiger partial charge in [0, 0.05) is 19.1 Å². The molecule has 0 saturated carbocycles. The summed E-state index contributed by atoms with van der Waals surface area (Å²) in [5, 5.41) is 0. The van der Waals surface area contributed by atoms with Crippen LogP contribution in [0.2, 0.25) is 0 Å². The summed E-state index contributed by atoms with van der Waals surface area (Å²) in [7, 11) is 0. The van der Waals surface area contributed by atoms with Gasteiger partial charge in [0.1, 0.15) is 5.76 Å². The van der Waals surface area contributed by atoms with Crippen molar-refractivity contribution in [3.63, 3.8) is 0 Å². The molecule has 0 radical (unpaired) electrons. The predicted molar refractivity (Wildman–Crippen MR) is 63.8 cm³/mol. The van der Waals surface area contributed by atoms with Crippen LogP contribution in [0.3, 0.4) is 0 Å². The van der Waals surface area contributed by atoms with Gasteiger partial charge in [-0.3, -0.25) is 4.79 Å². The van der Waals surface area contributed by atoms with E-state index < -0.39 is 0 Å². The maximum absolute atomic E-state index is 12.0. The Bertz CT molecular complexity index is 365. The van der Waals surface area contributed by atoms with E-state index in [1.54, 1.807) is 12.1 Å². The Morgan fingerprint density at radius 2 is 2.38 bits per heavy atom. The Morgan fingerprint density at radius 1 is 1.62 bits per heavy atom. The molecule has 1 saturated heterocycles. The number of aryl methyl sites for hydroxylation is 1. The quantitative estimate of drug-likeness (QED) is 0.859. The molecule has 90 valence electrons. The fourth-order valence-electron chi connectivity index (χ4n) is 2.04. The minimum absolute atomic E-state index is 0. The van der Waals surface area contributed by atoms with E-state index in [0.717, 1.165) is 25.1 Å². The number of carbonyl (C=O) groups excluding carboxylic acids is 1. The Labute approximate surface area is 101 Å². The number of hydrogen-bond acceptors (Lipinski definition) is 3. The predicted octanol–water partition coefficient (Wildman–Crippen LogP) is 1.57. The number of nitrogens with zero attached hydrogens (tertiary/aromatic N) is 1. The average Bonchev–Trinajstić information content (AvgIpc) is 2.84. The van der Waals surface area contributed by atoms with E-state index in [4.69, 9.17) is 10.2 Å². The number of likely N-dealkylation sites (tertiary alicyclic amines) is 1. The van der Waals surface area contributed by atoms with Crippen LogP contribution in [0.15, 0.2) is 16.5 Å². The molecule has 2 rings (SSSR count). The average molecular weight is 245 g/mol. The summed E-state index contributed by atoms with van der Waals surface area (Å²) in [5.74, 6) is 1.16. The molecule has 16 heavy (non-hydrogen) atoms. The van der Waals surface area contributed by atoms with Gasteiger partial charge in [-0.05, 0) is 31.9 Å². The number of halogens is 1. The van der Waals surface area contributed by atoms with Gasteiger partial charge in [0.15, 0.2) is 5.76 Å². The second-order valence-electron chi connectivity index (χ2n) is 3.94. The normalized spacial score (nSPS) is 19.6. The van der Waals surface area contributed by atoms with E-state index in [1.165, 1.54) is 0 Å². The van der Waals surface area contributed by atoms with Gasteiger partial charge in [-0.15, -0.1) is 12.4 Å². The van der Waals surface area contributed by atoms with Crippen LogP contribution < -0.4 is 5.73 Å². The van der Waals surface area contributed by atoms with E-state index in [9.17, 15) is 4.79 Å². The first-order chi connectivity index (χ1) is 7.22. The van der Waals surface area contributed by atoms with Crippen molar-refractivity contribution in [2.45, 2.75) is 25.8 Å². The highest BCUT2D eigenvalue weighted by Crippen LogP contribution is 2.20. The zero-order chi connectivity index (χ0) is 10.8. The lowest BCUT2D eigenvalue weighted by Gasteiger charge is -2.22. The van der Waals surface area contributed by atoms with Gasteiger partial charge < -0.3 is 15.1 Å². The summed E-state index contributed by atoms with van der Waals surface area (Å²) in [6.45, 7) is 3.16. The molecule has 1 unspecified atom stereocenters. The number of hydrogen-bond donors (Lipinski definition) is 1. The monoisotopic (exact) mass is 244 g/mol. The number of rotatable bonds is 2. The summed E-state index contributed by atoms with van der Waals surface area (Å²) in [4.78, 5) is 13.8. The Kier molecular flexibility index (Phi) is 4.38. The molecule has 2 heterocycles. The highest BCUT2D eigenvalue weighted by atomic mass is 35.5. The molecular formula is C11H17ClN2O2. The molecule has 0 bridgehead atoms. The largest absolute Gasteiger partial charge is 0.456 e. The third-order valence-corrected chi connectivity index (χ3v) is 2.86. The van der Waals surface area contributed by atoms with Crippen molar-refractivity contribution >= 4 is 18.3 Å². The third kappa shape index (κ3) is 2.39. The molecule has 1 aliphatic rings. The fourth-order valence-corrected chi connectivity index (χ4v) is 2.04. The molecule has 4 nitrogen and oxygen atoms in total. The topological polar surface area (TPSA) is 59.5 Å². The molecule has 1 atom stereocenters. The van der Waals surface area contributed by atoms with Crippen molar-refractivity contribution in [1.82, 2.24) is 4.90 Å². The minimum atomic E-state index is -0.0314. The van der Waals surface area contributed by atoms with E-state index in [1.807, 2.05) is 11.8 Å². The van der Waals surface area contributed by atoms with Crippen molar-refractivity contribution in [3.8, 4) is 0 Å². The van der Waals surface area contributed by atoms with Gasteiger partial charge in [-0.1, -0.05) is 0 Å². The third-order valence-electron chi connectivity index (χ3n) is 2.86. The molecule has 0 spiro atoms. The second kappa shape index (κ2) is 5.37. The number of amides is 1. The smallest absolute Gasteiger partial charge is 0.289 e. The zero-order valence-corrected chi connectivity index (χ0v) is 10.1. The van der Waals surface area contributed by atoms with Gasteiger partial charge in [0.25, 0.3) is 5.91 Å². The van der Waals surface area contributed by atoms with Crippen LogP contribution in [-0.4, -0.2) is 29.9 Å². The Hall–Kier alpha value is -1.00. The van der Waals surface area contributed by atoms with E-state index in [2.05, 4.69) is 0 Å². The number of carbonyl (C=O) groups is 1. The van der Waals surface area contributed by atoms with Gasteiger partial charge in [-0.25, -0.2) is 0 Å². The fraction of sp³-hybridized carbons (Fsp3) is 0.545. The van der Waals surface area contributed by atoms with E-state index in [0.29, 0.717) is 12.3 Å². The summed E-state index contributed by atoms with van der Waals surface area (Å²) in [6.07, 6.45) is 2.04. The van der Waals surface area contributed by atoms with Crippen LogP contribution in [0.1, 0.15) is 29.2 Å². The summed E-state index contributed by atoms with van der Waals surface area (Å²) >= 11 is 0. The standard InChI is InChI=1S/C11H16N2O2.ClH/c1-8-4-5-10(15-8)11(14)13-6-2-3-9(13)7-12;/h4-5,9H,2-3,6-7,12H2,1H3;1H. The van der Waals surface area contributed by atoms with Gasteiger partial charge >= 0.3 is 0 Å². The van der Waals surface area contributed by atoms with Gasteiger partial charge in [0.05, 0.1) is 0 Å². The summed E-state index contributed by atoms with van der Waals surface area (Å²) in [5.41, 5.74) is 5.62. The van der Waals surface area contributed by atoms with Crippen molar-refractivity contribution in [3.05, 3.63) is 23.7 Å². The molecule has 2 N–H and O–H groups in total. The zero-order valence-electron chi connectivity index (χ0n) is 9.31. The van der Waals surface area contributed by atoms with Crippen molar-refractivity contribution < 1.29 is 9.21 Å². The molecule has 1 aromatic heterocycles. The lowest BCUT2D eigenvalue weighted by Crippen LogP contribution is -2.39. The number of furan rings is 1. The lowest BCUT2D eigenvalue weighted by atomic mass is 10.2. The molecule has 0 aromatic carbocycles. The highest BCUT2D eigenvalue weighted by Gasteiger charge is 2.29. The Morgan fingerprint density at radius 3 is 2.94 bits per heavy atom. The van der Waals surface area contributed by atoms with Crippen molar-refractivity contribution in [1.29, 1.82) is 0 Å². The van der Waals surface area contributed by atoms with Crippen LogP contribution in [-0.2, 0) is 0 Å². The molecular weight excluding hydrogens is 228 g/mol. The molecule has 1 aromatic rings.